The summed E-state index contributed by atoms with van der Waals surface area (Å²) in [5, 5.41) is 11.4. The maximum Gasteiger partial charge on any atom is 0.275 e. The second kappa shape index (κ2) is 5.65. The van der Waals surface area contributed by atoms with Gasteiger partial charge in [-0.2, -0.15) is 0 Å². The first-order chi connectivity index (χ1) is 11.8. The fraction of sp³-hybridized carbons (Fsp3) is 0.857. The van der Waals surface area contributed by atoms with Crippen LogP contribution >= 0.6 is 0 Å². The smallest absolute Gasteiger partial charge is 0.275 e. The summed E-state index contributed by atoms with van der Waals surface area (Å²) in [6, 6.07) is -1.02. The molecule has 0 aromatic rings. The van der Waals surface area contributed by atoms with Crippen LogP contribution < -0.4 is 0 Å². The Morgan fingerprint density at radius 3 is 2.64 bits per heavy atom. The zero-order valence-corrected chi connectivity index (χ0v) is 15.8. The topological polar surface area (TPSA) is 60.2 Å². The van der Waals surface area contributed by atoms with Crippen LogP contribution in [0.3, 0.4) is 0 Å². The van der Waals surface area contributed by atoms with Crippen LogP contribution in [-0.2, 0) is 4.79 Å². The first kappa shape index (κ1) is 17.2. The van der Waals surface area contributed by atoms with E-state index in [4.69, 9.17) is 0 Å². The van der Waals surface area contributed by atoms with Crippen molar-refractivity contribution in [2.24, 2.45) is 34.5 Å². The molecule has 4 aliphatic carbocycles. The molecule has 1 unspecified atom stereocenters. The number of carbonyl (C=O) groups is 1. The quantitative estimate of drug-likeness (QED) is 0.533. The summed E-state index contributed by atoms with van der Waals surface area (Å²) in [5.41, 5.74) is 1.55. The van der Waals surface area contributed by atoms with Crippen LogP contribution in [0.5, 0.6) is 0 Å². The fourth-order valence-corrected chi connectivity index (χ4v) is 7.57. The normalized spacial score (nSPS) is 49.0. The lowest BCUT2D eigenvalue weighted by Gasteiger charge is -2.58. The Balaban J connectivity index is 1.68. The van der Waals surface area contributed by atoms with Crippen LogP contribution in [0, 0.1) is 44.6 Å². The lowest BCUT2D eigenvalue weighted by atomic mass is 9.46. The molecule has 4 rings (SSSR count). The van der Waals surface area contributed by atoms with Crippen molar-refractivity contribution < 1.29 is 9.72 Å². The van der Waals surface area contributed by atoms with Gasteiger partial charge in [0.15, 0.2) is 0 Å². The molecule has 0 spiro atoms. The third-order valence-corrected chi connectivity index (χ3v) is 8.94. The van der Waals surface area contributed by atoms with Crippen molar-refractivity contribution in [2.45, 2.75) is 78.2 Å². The molecule has 25 heavy (non-hydrogen) atoms. The minimum Gasteiger partial charge on any atom is -0.287 e. The van der Waals surface area contributed by atoms with Crippen LogP contribution in [0.2, 0.25) is 0 Å². The van der Waals surface area contributed by atoms with Gasteiger partial charge >= 0.3 is 0 Å². The highest BCUT2D eigenvalue weighted by Gasteiger charge is 2.60. The summed E-state index contributed by atoms with van der Waals surface area (Å²) in [4.78, 5) is 23.3. The number of nitro groups is 1. The van der Waals surface area contributed by atoms with Gasteiger partial charge in [0.1, 0.15) is 0 Å². The minimum absolute atomic E-state index is 0.139. The maximum absolute atomic E-state index is 12.2. The van der Waals surface area contributed by atoms with Crippen LogP contribution in [0.1, 0.15) is 72.1 Å². The second-order valence-electron chi connectivity index (χ2n) is 9.64. The number of fused-ring (bicyclic) bond motifs is 5. The number of hydrogen-bond donors (Lipinski definition) is 0. The Morgan fingerprint density at radius 2 is 1.96 bits per heavy atom. The van der Waals surface area contributed by atoms with Crippen molar-refractivity contribution in [3.8, 4) is 0 Å². The number of hydrogen-bond acceptors (Lipinski definition) is 3. The van der Waals surface area contributed by atoms with E-state index in [1.165, 1.54) is 44.1 Å². The van der Waals surface area contributed by atoms with Gasteiger partial charge in [-0.25, -0.2) is 0 Å². The minimum atomic E-state index is -1.02. The first-order valence-electron chi connectivity index (χ1n) is 10.2. The standard InChI is InChI=1S/C21H31NO3/c1-4-13-6-8-16-15-7-5-14-11-19(23)18(22(24)25)12-21(14,3)17(15)9-10-20(13,16)2/h11,13,15-18H,4-10,12H2,1-3H3/t13-,15-,16-,17-,18?,20+,21-/m0/s1. The Hall–Kier alpha value is -1.19. The second-order valence-corrected chi connectivity index (χ2v) is 9.64. The fourth-order valence-electron chi connectivity index (χ4n) is 7.57. The average Bonchev–Trinajstić information content (AvgIpc) is 2.91. The lowest BCUT2D eigenvalue weighted by Crippen LogP contribution is -2.53. The molecule has 0 aliphatic heterocycles. The van der Waals surface area contributed by atoms with Gasteiger partial charge in [-0.15, -0.1) is 0 Å². The Morgan fingerprint density at radius 1 is 1.20 bits per heavy atom. The van der Waals surface area contributed by atoms with Gasteiger partial charge in [-0.1, -0.05) is 32.8 Å². The van der Waals surface area contributed by atoms with E-state index in [0.717, 1.165) is 18.3 Å². The van der Waals surface area contributed by atoms with E-state index in [0.29, 0.717) is 23.7 Å². The van der Waals surface area contributed by atoms with Gasteiger partial charge in [0, 0.05) is 11.3 Å². The molecule has 0 heterocycles. The number of rotatable bonds is 2. The number of allylic oxidation sites excluding steroid dienone is 1. The van der Waals surface area contributed by atoms with E-state index >= 15 is 0 Å². The Labute approximate surface area is 150 Å². The molecule has 0 amide bonds. The molecule has 0 N–H and O–H groups in total. The average molecular weight is 345 g/mol. The molecule has 4 heteroatoms. The highest BCUT2D eigenvalue weighted by molar-refractivity contribution is 5.95. The van der Waals surface area contributed by atoms with Gasteiger partial charge in [0.05, 0.1) is 0 Å². The third-order valence-electron chi connectivity index (χ3n) is 8.94. The van der Waals surface area contributed by atoms with Crippen molar-refractivity contribution in [3.63, 3.8) is 0 Å². The van der Waals surface area contributed by atoms with E-state index in [9.17, 15) is 14.9 Å². The summed E-state index contributed by atoms with van der Waals surface area (Å²) < 4.78 is 0. The summed E-state index contributed by atoms with van der Waals surface area (Å²) in [6.45, 7) is 7.09. The largest absolute Gasteiger partial charge is 0.287 e. The van der Waals surface area contributed by atoms with Crippen molar-refractivity contribution in [1.82, 2.24) is 0 Å². The molecule has 138 valence electrons. The predicted octanol–water partition coefficient (Wildman–Crippen LogP) is 4.80. The summed E-state index contributed by atoms with van der Waals surface area (Å²) in [7, 11) is 0. The lowest BCUT2D eigenvalue weighted by molar-refractivity contribution is -0.511. The molecule has 7 atom stereocenters. The van der Waals surface area contributed by atoms with E-state index in [1.54, 1.807) is 6.08 Å². The molecule has 0 bridgehead atoms. The zero-order chi connectivity index (χ0) is 18.0. The van der Waals surface area contributed by atoms with Crippen molar-refractivity contribution >= 4 is 5.78 Å². The van der Waals surface area contributed by atoms with Crippen LogP contribution in [0.4, 0.5) is 0 Å². The Kier molecular flexibility index (Phi) is 3.90. The molecular formula is C21H31NO3. The molecule has 4 nitrogen and oxygen atoms in total. The van der Waals surface area contributed by atoms with Crippen LogP contribution in [0.25, 0.3) is 0 Å². The first-order valence-corrected chi connectivity index (χ1v) is 10.2. The van der Waals surface area contributed by atoms with Crippen molar-refractivity contribution in [1.29, 1.82) is 0 Å². The summed E-state index contributed by atoms with van der Waals surface area (Å²) >= 11 is 0. The molecule has 3 fully saturated rings. The summed E-state index contributed by atoms with van der Waals surface area (Å²) in [5.74, 6) is 2.57. The molecule has 0 saturated heterocycles. The van der Waals surface area contributed by atoms with Gasteiger partial charge in [0.25, 0.3) is 6.04 Å². The van der Waals surface area contributed by atoms with Gasteiger partial charge in [-0.3, -0.25) is 14.9 Å². The Bertz CT molecular complexity index is 641. The zero-order valence-electron chi connectivity index (χ0n) is 15.8. The SMILES string of the molecule is CC[C@H]1CC[C@H]2[C@@H]3CCC4=CC(=O)C([N+](=O)[O-])C[C@]4(C)[C@H]3CC[C@]12C. The van der Waals surface area contributed by atoms with Gasteiger partial charge < -0.3 is 0 Å². The van der Waals surface area contributed by atoms with Gasteiger partial charge in [-0.05, 0) is 79.1 Å². The molecule has 3 saturated carbocycles. The molecule has 0 aromatic heterocycles. The molecular weight excluding hydrogens is 314 g/mol. The van der Waals surface area contributed by atoms with Crippen molar-refractivity contribution in [2.75, 3.05) is 0 Å². The monoisotopic (exact) mass is 345 g/mol. The summed E-state index contributed by atoms with van der Waals surface area (Å²) in [6.07, 6.45) is 10.6. The van der Waals surface area contributed by atoms with E-state index in [2.05, 4.69) is 20.8 Å². The third kappa shape index (κ3) is 2.28. The van der Waals surface area contributed by atoms with E-state index in [-0.39, 0.29) is 16.1 Å². The van der Waals surface area contributed by atoms with Crippen molar-refractivity contribution in [3.05, 3.63) is 21.8 Å². The van der Waals surface area contributed by atoms with Crippen LogP contribution in [-0.4, -0.2) is 16.7 Å². The molecule has 0 radical (unpaired) electrons. The predicted molar refractivity (Wildman–Crippen MR) is 96.7 cm³/mol. The molecule has 0 aromatic carbocycles. The van der Waals surface area contributed by atoms with E-state index < -0.39 is 6.04 Å². The van der Waals surface area contributed by atoms with Gasteiger partial charge in [0.2, 0.25) is 5.78 Å². The maximum atomic E-state index is 12.2. The molecule has 4 aliphatic rings. The highest BCUT2D eigenvalue weighted by atomic mass is 16.6. The number of nitrogens with zero attached hydrogens (tertiary/aromatic N) is 1. The van der Waals surface area contributed by atoms with Crippen LogP contribution in [0.15, 0.2) is 11.6 Å². The number of carbonyl (C=O) groups excluding carboxylic acids is 1. The van der Waals surface area contributed by atoms with E-state index in [1.807, 2.05) is 0 Å². The number of ketones is 1. The highest BCUT2D eigenvalue weighted by Crippen LogP contribution is 2.67.